The van der Waals surface area contributed by atoms with Gasteiger partial charge >= 0.3 is 0 Å². The fraction of sp³-hybridized carbons (Fsp3) is 0.435. The van der Waals surface area contributed by atoms with Gasteiger partial charge in [0.15, 0.2) is 11.5 Å². The van der Waals surface area contributed by atoms with Crippen molar-refractivity contribution in [1.29, 1.82) is 0 Å². The van der Waals surface area contributed by atoms with Crippen LogP contribution in [0.2, 0.25) is 0 Å². The maximum atomic E-state index is 12.3. The minimum absolute atomic E-state index is 0.0172. The standard InChI is InChI=1S/C23H29N3O3/c1-2-11-25-12-14-26(15-13-25)20-7-5-19(6-8-20)24-23(27)10-4-18-3-9-21-22(16-18)29-17-28-21/h3,5-9,16H,2,4,10-15,17H2,1H3,(H,24,27). The third kappa shape index (κ3) is 5.01. The molecule has 0 radical (unpaired) electrons. The van der Waals surface area contributed by atoms with E-state index in [-0.39, 0.29) is 12.7 Å². The number of fused-ring (bicyclic) bond motifs is 1. The fourth-order valence-electron chi connectivity index (χ4n) is 3.88. The number of carbonyl (C=O) groups excluding carboxylic acids is 1. The highest BCUT2D eigenvalue weighted by Gasteiger charge is 2.17. The number of anilines is 2. The summed E-state index contributed by atoms with van der Waals surface area (Å²) in [5.41, 5.74) is 3.13. The molecule has 0 aliphatic carbocycles. The first-order valence-corrected chi connectivity index (χ1v) is 10.5. The maximum absolute atomic E-state index is 12.3. The SMILES string of the molecule is CCCN1CCN(c2ccc(NC(=O)CCc3ccc4c(c3)OCO4)cc2)CC1. The Morgan fingerprint density at radius 1 is 1.00 bits per heavy atom. The summed E-state index contributed by atoms with van der Waals surface area (Å²) in [5, 5.41) is 3.00. The topological polar surface area (TPSA) is 54.0 Å². The monoisotopic (exact) mass is 395 g/mol. The summed E-state index contributed by atoms with van der Waals surface area (Å²) in [6, 6.07) is 14.0. The molecule has 0 unspecified atom stereocenters. The van der Waals surface area contributed by atoms with Crippen molar-refractivity contribution >= 4 is 17.3 Å². The zero-order chi connectivity index (χ0) is 20.1. The van der Waals surface area contributed by atoms with Gasteiger partial charge in [-0.3, -0.25) is 9.69 Å². The Morgan fingerprint density at radius 2 is 1.76 bits per heavy atom. The predicted octanol–water partition coefficient (Wildman–Crippen LogP) is 3.52. The Morgan fingerprint density at radius 3 is 2.52 bits per heavy atom. The average molecular weight is 396 g/mol. The number of rotatable bonds is 7. The Balaban J connectivity index is 1.25. The number of carbonyl (C=O) groups is 1. The highest BCUT2D eigenvalue weighted by Crippen LogP contribution is 2.32. The molecule has 0 aromatic heterocycles. The van der Waals surface area contributed by atoms with Crippen molar-refractivity contribution in [3.05, 3.63) is 48.0 Å². The van der Waals surface area contributed by atoms with Crippen LogP contribution in [0.1, 0.15) is 25.3 Å². The van der Waals surface area contributed by atoms with Crippen LogP contribution < -0.4 is 19.7 Å². The van der Waals surface area contributed by atoms with Gasteiger partial charge in [0, 0.05) is 44.0 Å². The van der Waals surface area contributed by atoms with Crippen molar-refractivity contribution in [1.82, 2.24) is 4.90 Å². The normalized spacial score (nSPS) is 16.1. The summed E-state index contributed by atoms with van der Waals surface area (Å²) in [4.78, 5) is 17.3. The maximum Gasteiger partial charge on any atom is 0.231 e. The van der Waals surface area contributed by atoms with E-state index >= 15 is 0 Å². The van der Waals surface area contributed by atoms with Crippen LogP contribution in [0.4, 0.5) is 11.4 Å². The summed E-state index contributed by atoms with van der Waals surface area (Å²) in [6.45, 7) is 8.03. The van der Waals surface area contributed by atoms with Crippen LogP contribution in [0, 0.1) is 0 Å². The summed E-state index contributed by atoms with van der Waals surface area (Å²) >= 11 is 0. The van der Waals surface area contributed by atoms with Crippen molar-refractivity contribution in [3.8, 4) is 11.5 Å². The van der Waals surface area contributed by atoms with Gasteiger partial charge in [0.2, 0.25) is 12.7 Å². The summed E-state index contributed by atoms with van der Waals surface area (Å²) < 4.78 is 10.7. The Hall–Kier alpha value is -2.73. The Bertz CT molecular complexity index is 830. The van der Waals surface area contributed by atoms with Gasteiger partial charge in [0.25, 0.3) is 0 Å². The molecule has 0 atom stereocenters. The van der Waals surface area contributed by atoms with Gasteiger partial charge in [0.05, 0.1) is 0 Å². The number of hydrogen-bond acceptors (Lipinski definition) is 5. The Kier molecular flexibility index (Phi) is 6.20. The molecule has 1 N–H and O–H groups in total. The van der Waals surface area contributed by atoms with E-state index in [4.69, 9.17) is 9.47 Å². The number of nitrogens with one attached hydrogen (secondary N) is 1. The molecule has 0 spiro atoms. The Labute approximate surface area is 172 Å². The smallest absolute Gasteiger partial charge is 0.231 e. The number of hydrogen-bond donors (Lipinski definition) is 1. The lowest BCUT2D eigenvalue weighted by Crippen LogP contribution is -2.46. The second kappa shape index (κ2) is 9.18. The third-order valence-corrected chi connectivity index (χ3v) is 5.51. The molecule has 1 fully saturated rings. The van der Waals surface area contributed by atoms with E-state index in [9.17, 15) is 4.79 Å². The van der Waals surface area contributed by atoms with E-state index in [0.717, 1.165) is 48.9 Å². The molecule has 1 amide bonds. The van der Waals surface area contributed by atoms with Gasteiger partial charge in [-0.05, 0) is 61.3 Å². The first-order valence-electron chi connectivity index (χ1n) is 10.5. The molecule has 2 aliphatic rings. The van der Waals surface area contributed by atoms with E-state index < -0.39 is 0 Å². The van der Waals surface area contributed by atoms with Crippen LogP contribution >= 0.6 is 0 Å². The number of piperazine rings is 1. The van der Waals surface area contributed by atoms with Crippen LogP contribution in [0.15, 0.2) is 42.5 Å². The zero-order valence-electron chi connectivity index (χ0n) is 17.0. The molecular formula is C23H29N3O3. The molecule has 29 heavy (non-hydrogen) atoms. The highest BCUT2D eigenvalue weighted by molar-refractivity contribution is 5.91. The molecule has 0 saturated carbocycles. The number of nitrogens with zero attached hydrogens (tertiary/aromatic N) is 2. The molecule has 6 nitrogen and oxygen atoms in total. The second-order valence-corrected chi connectivity index (χ2v) is 7.61. The molecule has 2 aliphatic heterocycles. The molecule has 2 aromatic carbocycles. The van der Waals surface area contributed by atoms with Crippen molar-refractivity contribution in [2.24, 2.45) is 0 Å². The molecule has 154 valence electrons. The second-order valence-electron chi connectivity index (χ2n) is 7.61. The van der Waals surface area contributed by atoms with Crippen molar-refractivity contribution in [2.45, 2.75) is 26.2 Å². The van der Waals surface area contributed by atoms with Crippen molar-refractivity contribution < 1.29 is 14.3 Å². The zero-order valence-corrected chi connectivity index (χ0v) is 17.0. The van der Waals surface area contributed by atoms with Crippen molar-refractivity contribution in [2.75, 3.05) is 49.7 Å². The largest absolute Gasteiger partial charge is 0.454 e. The molecule has 0 bridgehead atoms. The lowest BCUT2D eigenvalue weighted by molar-refractivity contribution is -0.116. The minimum atomic E-state index is 0.0172. The van der Waals surface area contributed by atoms with E-state index in [1.807, 2.05) is 30.3 Å². The highest BCUT2D eigenvalue weighted by atomic mass is 16.7. The van der Waals surface area contributed by atoms with Gasteiger partial charge < -0.3 is 19.7 Å². The molecule has 6 heteroatoms. The van der Waals surface area contributed by atoms with E-state index in [1.54, 1.807) is 0 Å². The lowest BCUT2D eigenvalue weighted by Gasteiger charge is -2.36. The minimum Gasteiger partial charge on any atom is -0.454 e. The van der Waals surface area contributed by atoms with Crippen molar-refractivity contribution in [3.63, 3.8) is 0 Å². The number of ether oxygens (including phenoxy) is 2. The van der Waals surface area contributed by atoms with E-state index in [1.165, 1.54) is 18.7 Å². The summed E-state index contributed by atoms with van der Waals surface area (Å²) in [7, 11) is 0. The molecule has 1 saturated heterocycles. The van der Waals surface area contributed by atoms with Crippen LogP contribution in [-0.4, -0.2) is 50.3 Å². The molecule has 2 aromatic rings. The molecule has 4 rings (SSSR count). The first kappa shape index (κ1) is 19.6. The number of benzene rings is 2. The number of amides is 1. The van der Waals surface area contributed by atoms with Gasteiger partial charge in [0.1, 0.15) is 0 Å². The average Bonchev–Trinajstić information content (AvgIpc) is 3.22. The van der Waals surface area contributed by atoms with Crippen LogP contribution in [-0.2, 0) is 11.2 Å². The summed E-state index contributed by atoms with van der Waals surface area (Å²) in [5.74, 6) is 1.54. The van der Waals surface area contributed by atoms with Crippen LogP contribution in [0.25, 0.3) is 0 Å². The molecule has 2 heterocycles. The van der Waals surface area contributed by atoms with E-state index in [2.05, 4.69) is 34.2 Å². The first-order chi connectivity index (χ1) is 14.2. The number of aryl methyl sites for hydroxylation is 1. The fourth-order valence-corrected chi connectivity index (χ4v) is 3.88. The van der Waals surface area contributed by atoms with E-state index in [0.29, 0.717) is 12.8 Å². The van der Waals surface area contributed by atoms with Crippen LogP contribution in [0.3, 0.4) is 0 Å². The van der Waals surface area contributed by atoms with Gasteiger partial charge in [-0.25, -0.2) is 0 Å². The van der Waals surface area contributed by atoms with Gasteiger partial charge in [-0.1, -0.05) is 13.0 Å². The third-order valence-electron chi connectivity index (χ3n) is 5.51. The van der Waals surface area contributed by atoms with Gasteiger partial charge in [-0.15, -0.1) is 0 Å². The lowest BCUT2D eigenvalue weighted by atomic mass is 10.1. The quantitative estimate of drug-likeness (QED) is 0.777. The molecular weight excluding hydrogens is 366 g/mol. The summed E-state index contributed by atoms with van der Waals surface area (Å²) in [6.07, 6.45) is 2.31. The predicted molar refractivity (Wildman–Crippen MR) is 115 cm³/mol. The van der Waals surface area contributed by atoms with Gasteiger partial charge in [-0.2, -0.15) is 0 Å². The van der Waals surface area contributed by atoms with Crippen LogP contribution in [0.5, 0.6) is 11.5 Å².